The summed E-state index contributed by atoms with van der Waals surface area (Å²) < 4.78 is 46.8. The highest BCUT2D eigenvalue weighted by atomic mass is 79.9. The Morgan fingerprint density at radius 1 is 1.53 bits per heavy atom. The molecule has 0 amide bonds. The van der Waals surface area contributed by atoms with Crippen molar-refractivity contribution in [3.05, 3.63) is 21.8 Å². The molecule has 1 heterocycles. The lowest BCUT2D eigenvalue weighted by molar-refractivity contribution is 0.149. The first kappa shape index (κ1) is 12.5. The Balaban J connectivity index is 3.56. The van der Waals surface area contributed by atoms with Gasteiger partial charge in [0, 0.05) is 11.8 Å². The Bertz CT molecular complexity index is 490. The summed E-state index contributed by atoms with van der Waals surface area (Å²) in [5.41, 5.74) is -0.210. The molecule has 0 radical (unpaired) electrons. The summed E-state index contributed by atoms with van der Waals surface area (Å²) >= 11 is 2.77. The van der Waals surface area contributed by atoms with Crippen LogP contribution >= 0.6 is 15.9 Å². The number of sulfonamides is 1. The van der Waals surface area contributed by atoms with Gasteiger partial charge >= 0.3 is 0 Å². The first-order valence-corrected chi connectivity index (χ1v) is 6.05. The number of hydrogen-bond acceptors (Lipinski definition) is 3. The summed E-state index contributed by atoms with van der Waals surface area (Å²) in [6.07, 6.45) is -1.74. The van der Waals surface area contributed by atoms with Crippen LogP contribution in [0.5, 0.6) is 0 Å². The van der Waals surface area contributed by atoms with E-state index < -0.39 is 27.0 Å². The van der Waals surface area contributed by atoms with Gasteiger partial charge in [0.1, 0.15) is 0 Å². The van der Waals surface area contributed by atoms with Crippen molar-refractivity contribution in [3.8, 4) is 0 Å². The number of aryl methyl sites for hydroxylation is 1. The average Bonchev–Trinajstić information content (AvgIpc) is 2.00. The summed E-state index contributed by atoms with van der Waals surface area (Å²) in [5, 5.41) is 4.23. The molecule has 0 spiro atoms. The van der Waals surface area contributed by atoms with Crippen LogP contribution in [0.25, 0.3) is 0 Å². The van der Waals surface area contributed by atoms with Crippen LogP contribution in [0.15, 0.2) is 15.7 Å². The highest BCUT2D eigenvalue weighted by molar-refractivity contribution is 9.10. The van der Waals surface area contributed by atoms with E-state index >= 15 is 0 Å². The Morgan fingerprint density at radius 2 is 2.07 bits per heavy atom. The van der Waals surface area contributed by atoms with Crippen molar-refractivity contribution in [1.82, 2.24) is 4.98 Å². The van der Waals surface area contributed by atoms with Gasteiger partial charge in [-0.3, -0.25) is 0 Å². The molecule has 0 aliphatic rings. The maximum absolute atomic E-state index is 12.6. The molecule has 0 unspecified atom stereocenters. The van der Waals surface area contributed by atoms with Gasteiger partial charge in [-0.25, -0.2) is 27.3 Å². The van der Waals surface area contributed by atoms with E-state index in [0.717, 1.165) is 6.20 Å². The van der Waals surface area contributed by atoms with Gasteiger partial charge in [-0.05, 0) is 28.4 Å². The third-order valence-corrected chi connectivity index (χ3v) is 3.63. The molecule has 84 valence electrons. The third-order valence-electron chi connectivity index (χ3n) is 1.71. The van der Waals surface area contributed by atoms with Crippen LogP contribution in [0.4, 0.5) is 8.78 Å². The number of alkyl halides is 2. The van der Waals surface area contributed by atoms with Crippen molar-refractivity contribution in [1.29, 1.82) is 0 Å². The van der Waals surface area contributed by atoms with Gasteiger partial charge in [-0.1, -0.05) is 0 Å². The molecule has 2 N–H and O–H groups in total. The van der Waals surface area contributed by atoms with Crippen LogP contribution in [0.2, 0.25) is 0 Å². The van der Waals surface area contributed by atoms with Crippen molar-refractivity contribution in [3.63, 3.8) is 0 Å². The molecule has 1 aromatic rings. The van der Waals surface area contributed by atoms with Gasteiger partial charge in [-0.2, -0.15) is 0 Å². The number of rotatable bonds is 2. The van der Waals surface area contributed by atoms with Crippen molar-refractivity contribution in [2.24, 2.45) is 5.14 Å². The lowest BCUT2D eigenvalue weighted by Gasteiger charge is -2.09. The summed E-state index contributed by atoms with van der Waals surface area (Å²) in [5.74, 6) is 0. The SMILES string of the molecule is Cc1cnc(S(N)(=O)=O)c(Br)c1C(F)F. The summed E-state index contributed by atoms with van der Waals surface area (Å²) in [7, 11) is -4.10. The van der Waals surface area contributed by atoms with Crippen LogP contribution in [0.1, 0.15) is 17.6 Å². The molecule has 0 saturated heterocycles. The fourth-order valence-electron chi connectivity index (χ4n) is 1.04. The lowest BCUT2D eigenvalue weighted by Crippen LogP contribution is -2.16. The maximum Gasteiger partial charge on any atom is 0.265 e. The second-order valence-electron chi connectivity index (χ2n) is 2.82. The Morgan fingerprint density at radius 3 is 2.47 bits per heavy atom. The number of halogens is 3. The smallest absolute Gasteiger partial charge is 0.242 e. The number of nitrogens with two attached hydrogens (primary N) is 1. The lowest BCUT2D eigenvalue weighted by atomic mass is 10.2. The molecule has 0 aliphatic heterocycles. The van der Waals surface area contributed by atoms with Gasteiger partial charge in [0.25, 0.3) is 16.4 Å². The second kappa shape index (κ2) is 4.11. The minimum atomic E-state index is -4.10. The second-order valence-corrected chi connectivity index (χ2v) is 5.09. The molecule has 1 rings (SSSR count). The van der Waals surface area contributed by atoms with E-state index in [9.17, 15) is 17.2 Å². The fourth-order valence-corrected chi connectivity index (χ4v) is 2.86. The molecule has 8 heteroatoms. The predicted molar refractivity (Wildman–Crippen MR) is 53.0 cm³/mol. The molecule has 0 atom stereocenters. The zero-order valence-corrected chi connectivity index (χ0v) is 9.94. The van der Waals surface area contributed by atoms with Crippen molar-refractivity contribution in [2.75, 3.05) is 0 Å². The summed E-state index contributed by atoms with van der Waals surface area (Å²) in [6.45, 7) is 1.41. The fraction of sp³-hybridized carbons (Fsp3) is 0.286. The molecule has 0 aliphatic carbocycles. The van der Waals surface area contributed by atoms with E-state index in [2.05, 4.69) is 20.9 Å². The Kier molecular flexibility index (Phi) is 3.41. The number of aromatic nitrogens is 1. The molecule has 0 bridgehead atoms. The molecule has 0 saturated carbocycles. The summed E-state index contributed by atoms with van der Waals surface area (Å²) in [6, 6.07) is 0. The zero-order valence-electron chi connectivity index (χ0n) is 7.54. The highest BCUT2D eigenvalue weighted by Gasteiger charge is 2.23. The molecule has 0 aromatic carbocycles. The third kappa shape index (κ3) is 2.50. The Hall–Kier alpha value is -0.600. The largest absolute Gasteiger partial charge is 0.265 e. The van der Waals surface area contributed by atoms with Crippen LogP contribution in [0.3, 0.4) is 0 Å². The van der Waals surface area contributed by atoms with E-state index in [1.165, 1.54) is 6.92 Å². The first-order valence-electron chi connectivity index (χ1n) is 3.71. The number of hydrogen-bond donors (Lipinski definition) is 1. The van der Waals surface area contributed by atoms with E-state index in [1.807, 2.05) is 0 Å². The predicted octanol–water partition coefficient (Wildman–Crippen LogP) is 1.74. The van der Waals surface area contributed by atoms with Gasteiger partial charge in [0.2, 0.25) is 0 Å². The van der Waals surface area contributed by atoms with Gasteiger partial charge in [0.15, 0.2) is 5.03 Å². The summed E-state index contributed by atoms with van der Waals surface area (Å²) in [4.78, 5) is 3.50. The number of pyridine rings is 1. The molecular formula is C7H7BrF2N2O2S. The molecule has 1 aromatic heterocycles. The molecule has 0 fully saturated rings. The topological polar surface area (TPSA) is 73.0 Å². The van der Waals surface area contributed by atoms with Gasteiger partial charge < -0.3 is 0 Å². The number of nitrogens with zero attached hydrogens (tertiary/aromatic N) is 1. The van der Waals surface area contributed by atoms with E-state index in [0.29, 0.717) is 0 Å². The zero-order chi connectivity index (χ0) is 11.8. The van der Waals surface area contributed by atoms with Crippen LogP contribution in [-0.4, -0.2) is 13.4 Å². The van der Waals surface area contributed by atoms with E-state index in [-0.39, 0.29) is 10.0 Å². The minimum Gasteiger partial charge on any atom is -0.242 e. The molecule has 15 heavy (non-hydrogen) atoms. The van der Waals surface area contributed by atoms with Crippen LogP contribution in [-0.2, 0) is 10.0 Å². The minimum absolute atomic E-state index is 0.198. The molecular weight excluding hydrogens is 294 g/mol. The quantitative estimate of drug-likeness (QED) is 0.904. The van der Waals surface area contributed by atoms with Gasteiger partial charge in [-0.15, -0.1) is 0 Å². The van der Waals surface area contributed by atoms with Crippen LogP contribution in [0, 0.1) is 6.92 Å². The number of primary sulfonamides is 1. The van der Waals surface area contributed by atoms with Crippen molar-refractivity contribution < 1.29 is 17.2 Å². The maximum atomic E-state index is 12.6. The standard InChI is InChI=1S/C7H7BrF2N2O2S/c1-3-2-12-7(15(11,13)14)5(8)4(3)6(9)10/h2,6H,1H3,(H2,11,13,14). The average molecular weight is 301 g/mol. The molecule has 4 nitrogen and oxygen atoms in total. The van der Waals surface area contributed by atoms with E-state index in [1.54, 1.807) is 0 Å². The van der Waals surface area contributed by atoms with Gasteiger partial charge in [0.05, 0.1) is 4.47 Å². The Labute approximate surface area is 93.7 Å². The van der Waals surface area contributed by atoms with Crippen LogP contribution < -0.4 is 5.14 Å². The highest BCUT2D eigenvalue weighted by Crippen LogP contribution is 2.33. The van der Waals surface area contributed by atoms with E-state index in [4.69, 9.17) is 5.14 Å². The first-order chi connectivity index (χ1) is 6.75. The normalized spacial score (nSPS) is 12.1. The van der Waals surface area contributed by atoms with Crippen molar-refractivity contribution >= 4 is 26.0 Å². The van der Waals surface area contributed by atoms with Crippen molar-refractivity contribution in [2.45, 2.75) is 18.4 Å². The monoisotopic (exact) mass is 300 g/mol.